The molecular weight excluding hydrogens is 392 g/mol. The molecule has 0 spiro atoms. The lowest BCUT2D eigenvalue weighted by molar-refractivity contribution is 0.0599. The molecule has 0 fully saturated rings. The molecule has 1 aromatic carbocycles. The number of carbonyl (C=O) groups excluding carboxylic acids is 2. The van der Waals surface area contributed by atoms with Gasteiger partial charge in [0.15, 0.2) is 0 Å². The Hall–Kier alpha value is -3.06. The molecule has 2 aromatic heterocycles. The number of nitrogens with zero attached hydrogens (tertiary/aromatic N) is 2. The molecule has 0 saturated carbocycles. The number of benzene rings is 1. The number of amides is 1. The largest absolute Gasteiger partial charge is 0.465 e. The monoisotopic (exact) mass is 414 g/mol. The highest BCUT2D eigenvalue weighted by Gasteiger charge is 2.27. The minimum Gasteiger partial charge on any atom is -0.465 e. The average Bonchev–Trinajstić information content (AvgIpc) is 3.29. The highest BCUT2D eigenvalue weighted by Crippen LogP contribution is 2.25. The molecule has 29 heavy (non-hydrogen) atoms. The number of aromatic amines is 1. The van der Waals surface area contributed by atoms with Gasteiger partial charge >= 0.3 is 5.97 Å². The minimum atomic E-state index is -0.492. The lowest BCUT2D eigenvalue weighted by Gasteiger charge is -2.19. The van der Waals surface area contributed by atoms with Crippen LogP contribution in [0.5, 0.6) is 0 Å². The van der Waals surface area contributed by atoms with Gasteiger partial charge in [-0.25, -0.2) is 9.78 Å². The SMILES string of the molecule is CCc1[nH]c(C(=O)NC(c2ccc(Cl)cc2)c2nccn2C)c(C)c1C(=O)OC. The van der Waals surface area contributed by atoms with Crippen molar-refractivity contribution < 1.29 is 14.3 Å². The first-order valence-electron chi connectivity index (χ1n) is 9.20. The van der Waals surface area contributed by atoms with Crippen molar-refractivity contribution >= 4 is 23.5 Å². The molecule has 7 nitrogen and oxygen atoms in total. The molecule has 3 aromatic rings. The molecule has 2 N–H and O–H groups in total. The number of imidazole rings is 1. The van der Waals surface area contributed by atoms with Crippen molar-refractivity contribution in [3.63, 3.8) is 0 Å². The number of carbonyl (C=O) groups is 2. The molecule has 152 valence electrons. The fourth-order valence-corrected chi connectivity index (χ4v) is 3.47. The Morgan fingerprint density at radius 3 is 2.55 bits per heavy atom. The van der Waals surface area contributed by atoms with Crippen LogP contribution in [0.15, 0.2) is 36.7 Å². The Morgan fingerprint density at radius 2 is 2.00 bits per heavy atom. The van der Waals surface area contributed by atoms with Crippen LogP contribution in [0.25, 0.3) is 0 Å². The number of nitrogens with one attached hydrogen (secondary N) is 2. The van der Waals surface area contributed by atoms with E-state index < -0.39 is 12.0 Å². The summed E-state index contributed by atoms with van der Waals surface area (Å²) < 4.78 is 6.72. The van der Waals surface area contributed by atoms with Crippen molar-refractivity contribution in [1.82, 2.24) is 19.9 Å². The van der Waals surface area contributed by atoms with Crippen molar-refractivity contribution in [2.24, 2.45) is 7.05 Å². The van der Waals surface area contributed by atoms with Gasteiger partial charge in [-0.3, -0.25) is 4.79 Å². The molecule has 8 heteroatoms. The molecular formula is C21H23ClN4O3. The average molecular weight is 415 g/mol. The molecule has 2 heterocycles. The number of hydrogen-bond donors (Lipinski definition) is 2. The molecule has 1 unspecified atom stereocenters. The number of aryl methyl sites for hydroxylation is 2. The normalized spacial score (nSPS) is 11.9. The zero-order chi connectivity index (χ0) is 21.1. The summed E-state index contributed by atoms with van der Waals surface area (Å²) in [5, 5.41) is 3.63. The lowest BCUT2D eigenvalue weighted by atomic mass is 10.0. The molecule has 0 bridgehead atoms. The summed E-state index contributed by atoms with van der Waals surface area (Å²) in [5.41, 5.74) is 2.79. The first-order valence-corrected chi connectivity index (χ1v) is 9.58. The van der Waals surface area contributed by atoms with Crippen LogP contribution >= 0.6 is 11.6 Å². The van der Waals surface area contributed by atoms with Gasteiger partial charge in [0.2, 0.25) is 0 Å². The molecule has 0 aliphatic carbocycles. The molecule has 0 aliphatic heterocycles. The van der Waals surface area contributed by atoms with Crippen molar-refractivity contribution in [1.29, 1.82) is 0 Å². The van der Waals surface area contributed by atoms with Crippen LogP contribution < -0.4 is 5.32 Å². The summed E-state index contributed by atoms with van der Waals surface area (Å²) in [5.74, 6) is -0.128. The van der Waals surface area contributed by atoms with Gasteiger partial charge in [0.25, 0.3) is 5.91 Å². The van der Waals surface area contributed by atoms with Gasteiger partial charge in [-0.15, -0.1) is 0 Å². The van der Waals surface area contributed by atoms with Crippen molar-refractivity contribution in [3.05, 3.63) is 75.6 Å². The van der Waals surface area contributed by atoms with Crippen LogP contribution in [-0.4, -0.2) is 33.5 Å². The molecule has 0 aliphatic rings. The standard InChI is InChI=1S/C21H23ClN4O3/c1-5-15-16(21(28)29-4)12(2)17(24-15)20(27)25-18(19-23-10-11-26(19)3)13-6-8-14(22)9-7-13/h6-11,18,24H,5H2,1-4H3,(H,25,27). The van der Waals surface area contributed by atoms with Gasteiger partial charge in [0.1, 0.15) is 17.6 Å². The maximum Gasteiger partial charge on any atom is 0.339 e. The van der Waals surface area contributed by atoms with Crippen molar-refractivity contribution in [2.75, 3.05) is 7.11 Å². The predicted octanol–water partition coefficient (Wildman–Crippen LogP) is 3.58. The number of ether oxygens (including phenoxy) is 1. The molecule has 1 atom stereocenters. The number of methoxy groups -OCH3 is 1. The highest BCUT2D eigenvalue weighted by molar-refractivity contribution is 6.30. The number of esters is 1. The van der Waals surface area contributed by atoms with Crippen LogP contribution in [0.1, 0.15) is 56.5 Å². The number of aromatic nitrogens is 3. The zero-order valence-electron chi connectivity index (χ0n) is 16.7. The summed E-state index contributed by atoms with van der Waals surface area (Å²) in [6.07, 6.45) is 4.06. The Morgan fingerprint density at radius 1 is 1.31 bits per heavy atom. The molecule has 0 radical (unpaired) electrons. The second-order valence-electron chi connectivity index (χ2n) is 6.68. The molecule has 3 rings (SSSR count). The van der Waals surface area contributed by atoms with E-state index in [1.54, 1.807) is 25.3 Å². The number of halogens is 1. The fourth-order valence-electron chi connectivity index (χ4n) is 3.34. The van der Waals surface area contributed by atoms with Crippen LogP contribution in [0.4, 0.5) is 0 Å². The third-order valence-electron chi connectivity index (χ3n) is 4.89. The van der Waals surface area contributed by atoms with Gasteiger partial charge in [-0.05, 0) is 36.6 Å². The first-order chi connectivity index (χ1) is 13.9. The van der Waals surface area contributed by atoms with E-state index in [0.717, 1.165) is 5.56 Å². The number of rotatable bonds is 6. The summed E-state index contributed by atoms with van der Waals surface area (Å²) in [6.45, 7) is 3.64. The van der Waals surface area contributed by atoms with Gasteiger partial charge in [0, 0.05) is 30.2 Å². The molecule has 0 saturated heterocycles. The van der Waals surface area contributed by atoms with Gasteiger partial charge in [-0.1, -0.05) is 30.7 Å². The van der Waals surface area contributed by atoms with Crippen LogP contribution in [0.3, 0.4) is 0 Å². The third kappa shape index (κ3) is 4.05. The second kappa shape index (κ2) is 8.53. The van der Waals surface area contributed by atoms with Gasteiger partial charge in [0.05, 0.1) is 12.7 Å². The number of H-pyrrole nitrogens is 1. The minimum absolute atomic E-state index is 0.329. The van der Waals surface area contributed by atoms with E-state index in [2.05, 4.69) is 15.3 Å². The van der Waals surface area contributed by atoms with Crippen LogP contribution in [-0.2, 0) is 18.2 Å². The Bertz CT molecular complexity index is 1040. The number of hydrogen-bond acceptors (Lipinski definition) is 4. The Balaban J connectivity index is 2.00. The Labute approximate surface area is 174 Å². The predicted molar refractivity (Wildman–Crippen MR) is 110 cm³/mol. The molecule has 1 amide bonds. The summed E-state index contributed by atoms with van der Waals surface area (Å²) in [7, 11) is 3.19. The van der Waals surface area contributed by atoms with E-state index in [1.807, 2.05) is 36.9 Å². The smallest absolute Gasteiger partial charge is 0.339 e. The quantitative estimate of drug-likeness (QED) is 0.603. The van der Waals surface area contributed by atoms with E-state index in [0.29, 0.717) is 39.8 Å². The highest BCUT2D eigenvalue weighted by atomic mass is 35.5. The van der Waals surface area contributed by atoms with Crippen LogP contribution in [0, 0.1) is 6.92 Å². The van der Waals surface area contributed by atoms with E-state index in [-0.39, 0.29) is 5.91 Å². The lowest BCUT2D eigenvalue weighted by Crippen LogP contribution is -2.31. The maximum atomic E-state index is 13.2. The first kappa shape index (κ1) is 20.7. The van der Waals surface area contributed by atoms with Crippen molar-refractivity contribution in [2.45, 2.75) is 26.3 Å². The van der Waals surface area contributed by atoms with E-state index in [1.165, 1.54) is 7.11 Å². The van der Waals surface area contributed by atoms with E-state index in [9.17, 15) is 9.59 Å². The third-order valence-corrected chi connectivity index (χ3v) is 5.15. The van der Waals surface area contributed by atoms with Crippen LogP contribution in [0.2, 0.25) is 5.02 Å². The Kier molecular flexibility index (Phi) is 6.08. The van der Waals surface area contributed by atoms with Gasteiger partial charge in [-0.2, -0.15) is 0 Å². The van der Waals surface area contributed by atoms with Gasteiger partial charge < -0.3 is 19.6 Å². The van der Waals surface area contributed by atoms with Crippen molar-refractivity contribution in [3.8, 4) is 0 Å². The zero-order valence-corrected chi connectivity index (χ0v) is 17.5. The fraction of sp³-hybridized carbons (Fsp3) is 0.286. The summed E-state index contributed by atoms with van der Waals surface area (Å²) in [4.78, 5) is 32.8. The summed E-state index contributed by atoms with van der Waals surface area (Å²) >= 11 is 6.02. The summed E-state index contributed by atoms with van der Waals surface area (Å²) in [6, 6.07) is 6.74. The second-order valence-corrected chi connectivity index (χ2v) is 7.11. The van der Waals surface area contributed by atoms with E-state index in [4.69, 9.17) is 16.3 Å². The van der Waals surface area contributed by atoms with E-state index >= 15 is 0 Å². The topological polar surface area (TPSA) is 89.0 Å². The maximum absolute atomic E-state index is 13.2.